The highest BCUT2D eigenvalue weighted by Gasteiger charge is 2.36. The van der Waals surface area contributed by atoms with E-state index in [1.165, 1.54) is 0 Å². The summed E-state index contributed by atoms with van der Waals surface area (Å²) in [5.41, 5.74) is -1.19. The molecule has 0 aromatic carbocycles. The molecule has 7 nitrogen and oxygen atoms in total. The molecule has 0 amide bonds. The zero-order valence-electron chi connectivity index (χ0n) is 9.39. The van der Waals surface area contributed by atoms with E-state index in [1.54, 1.807) is 6.07 Å². The van der Waals surface area contributed by atoms with Crippen LogP contribution in [-0.4, -0.2) is 23.4 Å². The summed E-state index contributed by atoms with van der Waals surface area (Å²) >= 11 is 0. The van der Waals surface area contributed by atoms with Crippen LogP contribution in [0.5, 0.6) is 11.5 Å². The molecule has 1 heterocycles. The van der Waals surface area contributed by atoms with Crippen LogP contribution in [0, 0.1) is 21.4 Å². The summed E-state index contributed by atoms with van der Waals surface area (Å²) in [5.74, 6) is -1.71. The van der Waals surface area contributed by atoms with Crippen molar-refractivity contribution in [2.24, 2.45) is 0 Å². The first-order valence-electron chi connectivity index (χ1n) is 4.63. The smallest absolute Gasteiger partial charge is 0.487 e. The molecule has 0 fully saturated rings. The molecule has 0 N–H and O–H groups in total. The average Bonchev–Trinajstić information content (AvgIpc) is 2.29. The number of rotatable bonds is 4. The molecule has 0 aliphatic rings. The number of nitro groups is 1. The van der Waals surface area contributed by atoms with E-state index in [1.807, 2.05) is 0 Å². The normalized spacial score (nSPS) is 10.7. The number of nitriles is 1. The number of aromatic nitrogens is 1. The number of nitrogens with zero attached hydrogens (tertiary/aromatic N) is 3. The molecule has 102 valence electrons. The van der Waals surface area contributed by atoms with Gasteiger partial charge in [-0.3, -0.25) is 10.1 Å². The molecule has 1 aromatic heterocycles. The standard InChI is InChI=1S/C9H6F3N3O4/c1-18-8-6(15(16)17)4-14-5(2-3-13)7(8)19-9(10,11)12/h4H,2H2,1H3. The Kier molecular flexibility index (Phi) is 4.11. The van der Waals surface area contributed by atoms with E-state index < -0.39 is 40.6 Å². The first-order chi connectivity index (χ1) is 8.80. The molecular weight excluding hydrogens is 271 g/mol. The van der Waals surface area contributed by atoms with Gasteiger partial charge in [-0.25, -0.2) is 4.98 Å². The minimum Gasteiger partial charge on any atom is -0.487 e. The van der Waals surface area contributed by atoms with Gasteiger partial charge >= 0.3 is 12.0 Å². The van der Waals surface area contributed by atoms with Crippen LogP contribution in [-0.2, 0) is 6.42 Å². The predicted molar refractivity (Wildman–Crippen MR) is 53.4 cm³/mol. The Bertz CT molecular complexity index is 539. The van der Waals surface area contributed by atoms with Gasteiger partial charge in [0.15, 0.2) is 0 Å². The Labute approximate surface area is 104 Å². The molecule has 0 saturated carbocycles. The van der Waals surface area contributed by atoms with Gasteiger partial charge in [0.1, 0.15) is 11.9 Å². The van der Waals surface area contributed by atoms with E-state index in [-0.39, 0.29) is 0 Å². The van der Waals surface area contributed by atoms with Crippen molar-refractivity contribution >= 4 is 5.69 Å². The first-order valence-corrected chi connectivity index (χ1v) is 4.63. The molecule has 0 bridgehead atoms. The second-order valence-corrected chi connectivity index (χ2v) is 3.09. The zero-order chi connectivity index (χ0) is 14.6. The van der Waals surface area contributed by atoms with Crippen LogP contribution in [0.4, 0.5) is 18.9 Å². The monoisotopic (exact) mass is 277 g/mol. The number of halogens is 3. The van der Waals surface area contributed by atoms with Gasteiger partial charge in [-0.15, -0.1) is 13.2 Å². The topological polar surface area (TPSA) is 98.3 Å². The molecule has 0 saturated heterocycles. The summed E-state index contributed by atoms with van der Waals surface area (Å²) in [4.78, 5) is 13.1. The van der Waals surface area contributed by atoms with Crippen molar-refractivity contribution < 1.29 is 27.6 Å². The van der Waals surface area contributed by atoms with Gasteiger partial charge in [0.05, 0.1) is 24.5 Å². The van der Waals surface area contributed by atoms with Crippen molar-refractivity contribution in [1.82, 2.24) is 4.98 Å². The van der Waals surface area contributed by atoms with Crippen molar-refractivity contribution in [2.45, 2.75) is 12.8 Å². The molecule has 1 aromatic rings. The van der Waals surface area contributed by atoms with Gasteiger partial charge in [0, 0.05) is 0 Å². The second kappa shape index (κ2) is 5.38. The van der Waals surface area contributed by atoms with Gasteiger partial charge in [0.25, 0.3) is 0 Å². The van der Waals surface area contributed by atoms with E-state index >= 15 is 0 Å². The van der Waals surface area contributed by atoms with Crippen LogP contribution in [0.15, 0.2) is 6.20 Å². The fraction of sp³-hybridized carbons (Fsp3) is 0.333. The fourth-order valence-electron chi connectivity index (χ4n) is 1.25. The fourth-order valence-corrected chi connectivity index (χ4v) is 1.25. The third kappa shape index (κ3) is 3.44. The Balaban J connectivity index is 3.46. The molecule has 0 atom stereocenters. The van der Waals surface area contributed by atoms with Crippen LogP contribution in [0.3, 0.4) is 0 Å². The number of methoxy groups -OCH3 is 1. The summed E-state index contributed by atoms with van der Waals surface area (Å²) < 4.78 is 45.0. The molecule has 0 radical (unpaired) electrons. The maximum atomic E-state index is 12.3. The molecule has 0 spiro atoms. The summed E-state index contributed by atoms with van der Waals surface area (Å²) in [6.07, 6.45) is -4.90. The maximum absolute atomic E-state index is 12.3. The molecule has 0 aliphatic heterocycles. The van der Waals surface area contributed by atoms with E-state index in [4.69, 9.17) is 5.26 Å². The van der Waals surface area contributed by atoms with Gasteiger partial charge < -0.3 is 9.47 Å². The number of hydrogen-bond acceptors (Lipinski definition) is 6. The first kappa shape index (κ1) is 14.5. The lowest BCUT2D eigenvalue weighted by Gasteiger charge is -2.14. The van der Waals surface area contributed by atoms with Crippen LogP contribution in [0.2, 0.25) is 0 Å². The van der Waals surface area contributed by atoms with Gasteiger partial charge in [0.2, 0.25) is 11.5 Å². The second-order valence-electron chi connectivity index (χ2n) is 3.09. The van der Waals surface area contributed by atoms with Crippen LogP contribution in [0.1, 0.15) is 5.69 Å². The van der Waals surface area contributed by atoms with E-state index in [2.05, 4.69) is 14.5 Å². The molecule has 0 aliphatic carbocycles. The van der Waals surface area contributed by atoms with Crippen LogP contribution >= 0.6 is 0 Å². The Hall–Kier alpha value is -2.57. The molecule has 1 rings (SSSR count). The molecular formula is C9H6F3N3O4. The van der Waals surface area contributed by atoms with Gasteiger partial charge in [-0.05, 0) is 0 Å². The highest BCUT2D eigenvalue weighted by Crippen LogP contribution is 2.40. The predicted octanol–water partition coefficient (Wildman–Crippen LogP) is 1.96. The maximum Gasteiger partial charge on any atom is 0.573 e. The van der Waals surface area contributed by atoms with E-state index in [0.29, 0.717) is 6.20 Å². The molecule has 10 heteroatoms. The third-order valence-corrected chi connectivity index (χ3v) is 1.91. The molecule has 0 unspecified atom stereocenters. The minimum atomic E-state index is -5.09. The lowest BCUT2D eigenvalue weighted by Crippen LogP contribution is -2.19. The van der Waals surface area contributed by atoms with E-state index in [9.17, 15) is 23.3 Å². The number of alkyl halides is 3. The summed E-state index contributed by atoms with van der Waals surface area (Å²) in [5, 5.41) is 19.1. The van der Waals surface area contributed by atoms with Crippen LogP contribution < -0.4 is 9.47 Å². The Morgan fingerprint density at radius 2 is 2.16 bits per heavy atom. The van der Waals surface area contributed by atoms with Gasteiger partial charge in [-0.1, -0.05) is 0 Å². The Morgan fingerprint density at radius 1 is 1.53 bits per heavy atom. The molecule has 19 heavy (non-hydrogen) atoms. The van der Waals surface area contributed by atoms with Crippen molar-refractivity contribution in [2.75, 3.05) is 7.11 Å². The highest BCUT2D eigenvalue weighted by atomic mass is 19.4. The third-order valence-electron chi connectivity index (χ3n) is 1.91. The summed E-state index contributed by atoms with van der Waals surface area (Å²) in [6.45, 7) is 0. The lowest BCUT2D eigenvalue weighted by molar-refractivity contribution is -0.386. The minimum absolute atomic E-state index is 0.401. The van der Waals surface area contributed by atoms with Gasteiger partial charge in [-0.2, -0.15) is 5.26 Å². The summed E-state index contributed by atoms with van der Waals surface area (Å²) in [7, 11) is 0.946. The SMILES string of the molecule is COc1c([N+](=O)[O-])cnc(CC#N)c1OC(F)(F)F. The van der Waals surface area contributed by atoms with Crippen LogP contribution in [0.25, 0.3) is 0 Å². The van der Waals surface area contributed by atoms with Crippen molar-refractivity contribution in [1.29, 1.82) is 5.26 Å². The summed E-state index contributed by atoms with van der Waals surface area (Å²) in [6, 6.07) is 1.57. The Morgan fingerprint density at radius 3 is 2.58 bits per heavy atom. The zero-order valence-corrected chi connectivity index (χ0v) is 9.39. The highest BCUT2D eigenvalue weighted by molar-refractivity contribution is 5.57. The van der Waals surface area contributed by atoms with E-state index in [0.717, 1.165) is 7.11 Å². The number of hydrogen-bond donors (Lipinski definition) is 0. The quantitative estimate of drug-likeness (QED) is 0.616. The van der Waals surface area contributed by atoms with Crippen molar-refractivity contribution in [3.05, 3.63) is 22.0 Å². The average molecular weight is 277 g/mol. The largest absolute Gasteiger partial charge is 0.573 e. The lowest BCUT2D eigenvalue weighted by atomic mass is 10.2. The van der Waals surface area contributed by atoms with Crippen molar-refractivity contribution in [3.63, 3.8) is 0 Å². The number of ether oxygens (including phenoxy) is 2. The number of pyridine rings is 1. The van der Waals surface area contributed by atoms with Crippen molar-refractivity contribution in [3.8, 4) is 17.6 Å².